The third-order valence-corrected chi connectivity index (χ3v) is 13.7. The second kappa shape index (κ2) is 13.6. The fourth-order valence-electron chi connectivity index (χ4n) is 10.7. The van der Waals surface area contributed by atoms with Crippen molar-refractivity contribution >= 4 is 52.5 Å². The van der Waals surface area contributed by atoms with E-state index in [0.717, 1.165) is 62.1 Å². The van der Waals surface area contributed by atoms with Crippen LogP contribution in [0.5, 0.6) is 5.75 Å². The molecule has 58 heavy (non-hydrogen) atoms. The Balaban J connectivity index is 0.720. The molecule has 5 amide bonds. The Kier molecular flexibility index (Phi) is 8.91. The van der Waals surface area contributed by atoms with Gasteiger partial charge in [0.2, 0.25) is 11.8 Å². The SMILES string of the molecule is CC1(C)[C@H](NC(=O)c2ccc(N3CC4(CN(CC5CN(c6ccc7c(c6)C(=O)N(C6CCC(=O)NC6=O)C7=O)C5)C4)C3)cc2)C(C)(C)[C@H]1Oc1ccc(C#N)c(Cl)c1. The molecule has 1 spiro atoms. The summed E-state index contributed by atoms with van der Waals surface area (Å²) in [6.45, 7) is 15.2. The minimum Gasteiger partial charge on any atom is -0.489 e. The van der Waals surface area contributed by atoms with Crippen LogP contribution in [0.2, 0.25) is 5.02 Å². The Hall–Kier alpha value is -5.45. The third kappa shape index (κ3) is 6.19. The highest BCUT2D eigenvalue weighted by Gasteiger charge is 2.64. The van der Waals surface area contributed by atoms with Gasteiger partial charge in [0.25, 0.3) is 17.7 Å². The number of nitrogens with zero attached hydrogens (tertiary/aromatic N) is 5. The number of nitrogens with one attached hydrogen (secondary N) is 2. The van der Waals surface area contributed by atoms with Crippen molar-refractivity contribution in [2.24, 2.45) is 22.2 Å². The highest BCUT2D eigenvalue weighted by atomic mass is 35.5. The zero-order valence-corrected chi connectivity index (χ0v) is 33.8. The summed E-state index contributed by atoms with van der Waals surface area (Å²) in [5, 5.41) is 15.1. The van der Waals surface area contributed by atoms with Gasteiger partial charge in [0.05, 0.1) is 21.7 Å². The maximum Gasteiger partial charge on any atom is 0.262 e. The highest BCUT2D eigenvalue weighted by molar-refractivity contribution is 6.31. The summed E-state index contributed by atoms with van der Waals surface area (Å²) >= 11 is 6.25. The van der Waals surface area contributed by atoms with Crippen LogP contribution in [0.3, 0.4) is 0 Å². The molecule has 1 unspecified atom stereocenters. The number of anilines is 2. The quantitative estimate of drug-likeness (QED) is 0.296. The van der Waals surface area contributed by atoms with Gasteiger partial charge < -0.3 is 24.8 Å². The van der Waals surface area contributed by atoms with E-state index < -0.39 is 29.7 Å². The lowest BCUT2D eigenvalue weighted by molar-refractivity contribution is -0.164. The first-order chi connectivity index (χ1) is 27.6. The van der Waals surface area contributed by atoms with Crippen LogP contribution in [0, 0.1) is 33.5 Å². The van der Waals surface area contributed by atoms with Crippen LogP contribution in [-0.4, -0.2) is 103 Å². The minimum absolute atomic E-state index is 0.0923. The molecule has 5 heterocycles. The maximum atomic E-state index is 13.5. The largest absolute Gasteiger partial charge is 0.489 e. The van der Waals surface area contributed by atoms with Crippen LogP contribution in [0.4, 0.5) is 11.4 Å². The molecule has 13 nitrogen and oxygen atoms in total. The smallest absolute Gasteiger partial charge is 0.262 e. The molecule has 0 aromatic heterocycles. The Bertz CT molecular complexity index is 2280. The number of imide groups is 2. The van der Waals surface area contributed by atoms with Crippen LogP contribution >= 0.6 is 11.6 Å². The molecule has 5 aliphatic heterocycles. The van der Waals surface area contributed by atoms with Crippen molar-refractivity contribution in [1.82, 2.24) is 20.4 Å². The summed E-state index contributed by atoms with van der Waals surface area (Å²) < 4.78 is 6.38. The number of carbonyl (C=O) groups is 5. The van der Waals surface area contributed by atoms with E-state index in [-0.39, 0.29) is 41.7 Å². The number of ether oxygens (including phenoxy) is 1. The van der Waals surface area contributed by atoms with Gasteiger partial charge in [-0.3, -0.25) is 34.2 Å². The third-order valence-electron chi connectivity index (χ3n) is 13.4. The number of nitriles is 1. The normalized spacial score (nSPS) is 25.5. The zero-order valence-electron chi connectivity index (χ0n) is 33.0. The van der Waals surface area contributed by atoms with Crippen molar-refractivity contribution in [3.05, 3.63) is 87.9 Å². The number of hydrogen-bond acceptors (Lipinski definition) is 10. The van der Waals surface area contributed by atoms with E-state index >= 15 is 0 Å². The molecule has 0 radical (unpaired) electrons. The number of amides is 5. The first-order valence-electron chi connectivity index (χ1n) is 19.9. The maximum absolute atomic E-state index is 13.5. The number of rotatable bonds is 9. The first-order valence-corrected chi connectivity index (χ1v) is 20.3. The predicted molar refractivity (Wildman–Crippen MR) is 216 cm³/mol. The van der Waals surface area contributed by atoms with Gasteiger partial charge in [0, 0.05) is 103 Å². The number of fused-ring (bicyclic) bond motifs is 1. The molecule has 1 atom stereocenters. The molecule has 14 heteroatoms. The van der Waals surface area contributed by atoms with Gasteiger partial charge in [0.15, 0.2) is 0 Å². The predicted octanol–water partition coefficient (Wildman–Crippen LogP) is 4.48. The van der Waals surface area contributed by atoms with E-state index in [0.29, 0.717) is 44.4 Å². The Morgan fingerprint density at radius 3 is 2.21 bits per heavy atom. The highest BCUT2D eigenvalue weighted by Crippen LogP contribution is 2.55. The van der Waals surface area contributed by atoms with E-state index in [9.17, 15) is 29.2 Å². The molecular weight excluding hydrogens is 758 g/mol. The summed E-state index contributed by atoms with van der Waals surface area (Å²) in [6.07, 6.45) is 0.0505. The Morgan fingerprint density at radius 1 is 0.879 bits per heavy atom. The average Bonchev–Trinajstić information content (AvgIpc) is 3.38. The summed E-state index contributed by atoms with van der Waals surface area (Å²) in [7, 11) is 0. The fourth-order valence-corrected chi connectivity index (χ4v) is 10.9. The van der Waals surface area contributed by atoms with Crippen molar-refractivity contribution in [2.75, 3.05) is 55.6 Å². The lowest BCUT2D eigenvalue weighted by atomic mass is 9.49. The summed E-state index contributed by atoms with van der Waals surface area (Å²) in [4.78, 5) is 71.9. The van der Waals surface area contributed by atoms with Crippen molar-refractivity contribution in [3.8, 4) is 11.8 Å². The molecular formula is C44H46ClN7O6. The summed E-state index contributed by atoms with van der Waals surface area (Å²) in [5.74, 6) is -0.980. The van der Waals surface area contributed by atoms with E-state index in [1.54, 1.807) is 30.3 Å². The average molecular weight is 804 g/mol. The van der Waals surface area contributed by atoms with Crippen molar-refractivity contribution in [3.63, 3.8) is 0 Å². The molecule has 1 aliphatic carbocycles. The molecule has 4 saturated heterocycles. The minimum atomic E-state index is -0.970. The van der Waals surface area contributed by atoms with Gasteiger partial charge >= 0.3 is 0 Å². The fraction of sp³-hybridized carbons (Fsp3) is 0.455. The number of benzene rings is 3. The molecule has 2 N–H and O–H groups in total. The topological polar surface area (TPSA) is 155 Å². The van der Waals surface area contributed by atoms with E-state index in [2.05, 4.69) is 59.1 Å². The second-order valence-corrected chi connectivity index (χ2v) is 18.7. The van der Waals surface area contributed by atoms with Gasteiger partial charge in [-0.2, -0.15) is 5.26 Å². The molecule has 3 aromatic carbocycles. The number of carbonyl (C=O) groups excluding carboxylic acids is 5. The van der Waals surface area contributed by atoms with Crippen LogP contribution in [0.25, 0.3) is 0 Å². The van der Waals surface area contributed by atoms with Gasteiger partial charge in [0.1, 0.15) is 24.0 Å². The van der Waals surface area contributed by atoms with Crippen LogP contribution in [0.1, 0.15) is 77.2 Å². The van der Waals surface area contributed by atoms with Gasteiger partial charge in [-0.1, -0.05) is 39.3 Å². The van der Waals surface area contributed by atoms with Gasteiger partial charge in [-0.15, -0.1) is 0 Å². The number of likely N-dealkylation sites (tertiary alicyclic amines) is 1. The molecule has 3 aromatic rings. The Labute approximate surface area is 342 Å². The monoisotopic (exact) mass is 803 g/mol. The van der Waals surface area contributed by atoms with Crippen LogP contribution in [0.15, 0.2) is 60.7 Å². The molecule has 6 aliphatic rings. The molecule has 300 valence electrons. The van der Waals surface area contributed by atoms with E-state index in [1.807, 2.05) is 30.3 Å². The molecule has 0 bridgehead atoms. The molecule has 1 saturated carbocycles. The summed E-state index contributed by atoms with van der Waals surface area (Å²) in [6, 6.07) is 19.2. The number of halogens is 1. The van der Waals surface area contributed by atoms with Gasteiger partial charge in [-0.25, -0.2) is 0 Å². The number of piperidine rings is 1. The Morgan fingerprint density at radius 2 is 1.55 bits per heavy atom. The lowest BCUT2D eigenvalue weighted by Gasteiger charge is -2.63. The lowest BCUT2D eigenvalue weighted by Crippen LogP contribution is -2.74. The van der Waals surface area contributed by atoms with Crippen LogP contribution < -0.4 is 25.2 Å². The van der Waals surface area contributed by atoms with Crippen LogP contribution in [-0.2, 0) is 9.59 Å². The van der Waals surface area contributed by atoms with E-state index in [4.69, 9.17) is 16.3 Å². The van der Waals surface area contributed by atoms with E-state index in [1.165, 1.54) is 0 Å². The van der Waals surface area contributed by atoms with Crippen molar-refractivity contribution in [1.29, 1.82) is 5.26 Å². The second-order valence-electron chi connectivity index (χ2n) is 18.3. The number of hydrogen-bond donors (Lipinski definition) is 2. The molecule has 9 rings (SSSR count). The molecule has 5 fully saturated rings. The van der Waals surface area contributed by atoms with Gasteiger partial charge in [-0.05, 0) is 61.0 Å². The van der Waals surface area contributed by atoms with Crippen molar-refractivity contribution < 1.29 is 28.7 Å². The summed E-state index contributed by atoms with van der Waals surface area (Å²) in [5.41, 5.74) is 3.22. The zero-order chi connectivity index (χ0) is 40.9. The first kappa shape index (κ1) is 38.1. The standard InChI is InChI=1S/C44H46ClN7O6/c1-42(2)40(43(3,4)41(42)58-30-11-7-27(17-46)33(45)16-30)48-36(54)26-5-8-28(9-6-26)51-23-44(24-51)21-49(22-44)18-25-19-50(20-25)29-10-12-31-32(15-29)39(57)52(38(31)56)34-13-14-35(53)47-37(34)55/h5-12,15-16,25,34,40-41H,13-14,18-24H2,1-4H3,(H,48,54)(H,47,53,55)/t34?,40-,41-. The van der Waals surface area contributed by atoms with Crippen molar-refractivity contribution in [2.45, 2.75) is 58.7 Å².